The maximum Gasteiger partial charge on any atom is 0.146 e. The van der Waals surface area contributed by atoms with Gasteiger partial charge in [0.25, 0.3) is 0 Å². The van der Waals surface area contributed by atoms with E-state index in [1.54, 1.807) is 0 Å². The van der Waals surface area contributed by atoms with E-state index in [-0.39, 0.29) is 0 Å². The topological polar surface area (TPSA) is 17.1 Å². The minimum absolute atomic E-state index is 0.326. The molecule has 0 aliphatic heterocycles. The molecular formula is C11H18Br2O. The number of Topliss-reactive ketones (excluding diaryl/α,β-unsaturated/α-hetero) is 1. The molecule has 1 fully saturated rings. The number of alkyl halides is 2. The maximum absolute atomic E-state index is 11.6. The van der Waals surface area contributed by atoms with Crippen molar-refractivity contribution in [3.05, 3.63) is 0 Å². The zero-order chi connectivity index (χ0) is 10.4. The van der Waals surface area contributed by atoms with Crippen molar-refractivity contribution < 1.29 is 4.79 Å². The number of hydrogen-bond donors (Lipinski definition) is 0. The van der Waals surface area contributed by atoms with Gasteiger partial charge in [-0.1, -0.05) is 51.1 Å². The summed E-state index contributed by atoms with van der Waals surface area (Å²) in [6.45, 7) is 0. The molecule has 0 bridgehead atoms. The molecule has 0 aromatic rings. The van der Waals surface area contributed by atoms with Crippen molar-refractivity contribution in [2.75, 3.05) is 5.33 Å². The first-order chi connectivity index (χ1) is 6.74. The lowest BCUT2D eigenvalue weighted by Gasteiger charge is -2.12. The standard InChI is InChI=1S/C11H18Br2O/c12-8-11(14)9-4-1-2-6-10(13)7-3-5-9/h9-10H,1-8H2. The molecule has 14 heavy (non-hydrogen) atoms. The van der Waals surface area contributed by atoms with Crippen LogP contribution in [-0.4, -0.2) is 15.9 Å². The van der Waals surface area contributed by atoms with E-state index in [4.69, 9.17) is 0 Å². The Hall–Kier alpha value is 0.630. The molecule has 3 heteroatoms. The van der Waals surface area contributed by atoms with Gasteiger partial charge in [-0.25, -0.2) is 0 Å². The van der Waals surface area contributed by atoms with Crippen molar-refractivity contribution in [1.29, 1.82) is 0 Å². The second-order valence-corrected chi connectivity index (χ2v) is 5.97. The molecule has 0 amide bonds. The van der Waals surface area contributed by atoms with Gasteiger partial charge in [0.15, 0.2) is 0 Å². The molecule has 1 aliphatic carbocycles. The molecule has 0 heterocycles. The van der Waals surface area contributed by atoms with Crippen LogP contribution in [0.1, 0.15) is 44.9 Å². The molecule has 1 nitrogen and oxygen atoms in total. The van der Waals surface area contributed by atoms with Crippen LogP contribution in [0.5, 0.6) is 0 Å². The highest BCUT2D eigenvalue weighted by Gasteiger charge is 2.18. The lowest BCUT2D eigenvalue weighted by molar-refractivity contribution is -0.120. The van der Waals surface area contributed by atoms with Crippen molar-refractivity contribution in [2.45, 2.75) is 49.8 Å². The third-order valence-corrected chi connectivity index (χ3v) is 4.45. The van der Waals surface area contributed by atoms with Gasteiger partial charge in [0.05, 0.1) is 5.33 Å². The number of carbonyl (C=O) groups is 1. The predicted molar refractivity (Wildman–Crippen MR) is 67.3 cm³/mol. The summed E-state index contributed by atoms with van der Waals surface area (Å²) in [5.74, 6) is 0.727. The molecule has 82 valence electrons. The molecule has 0 N–H and O–H groups in total. The molecule has 0 radical (unpaired) electrons. The van der Waals surface area contributed by atoms with Crippen LogP contribution in [0, 0.1) is 5.92 Å². The first-order valence-electron chi connectivity index (χ1n) is 5.46. The normalized spacial score (nSPS) is 30.1. The van der Waals surface area contributed by atoms with Crippen molar-refractivity contribution >= 4 is 37.6 Å². The quantitative estimate of drug-likeness (QED) is 0.699. The lowest BCUT2D eigenvalue weighted by Crippen LogP contribution is -2.15. The Balaban J connectivity index is 2.40. The number of halogens is 2. The highest BCUT2D eigenvalue weighted by molar-refractivity contribution is 9.09. The Morgan fingerprint density at radius 1 is 1.07 bits per heavy atom. The minimum Gasteiger partial charge on any atom is -0.298 e. The monoisotopic (exact) mass is 324 g/mol. The summed E-state index contributed by atoms with van der Waals surface area (Å²) in [5.41, 5.74) is 0. The molecule has 1 saturated carbocycles. The Labute approximate surface area is 103 Å². The second kappa shape index (κ2) is 7.00. The number of carbonyl (C=O) groups excluding carboxylic acids is 1. The molecule has 0 saturated heterocycles. The van der Waals surface area contributed by atoms with Gasteiger partial charge in [0.1, 0.15) is 5.78 Å². The van der Waals surface area contributed by atoms with Crippen LogP contribution in [0.4, 0.5) is 0 Å². The first kappa shape index (κ1) is 12.7. The Bertz CT molecular complexity index is 182. The third kappa shape index (κ3) is 4.43. The summed E-state index contributed by atoms with van der Waals surface area (Å²) in [5, 5.41) is 0.537. The van der Waals surface area contributed by atoms with Crippen molar-refractivity contribution in [2.24, 2.45) is 5.92 Å². The van der Waals surface area contributed by atoms with Crippen LogP contribution in [-0.2, 0) is 4.79 Å². The van der Waals surface area contributed by atoms with E-state index in [1.807, 2.05) is 0 Å². The summed E-state index contributed by atoms with van der Waals surface area (Å²) in [6.07, 6.45) is 8.37. The molecule has 0 aromatic heterocycles. The predicted octanol–water partition coefficient (Wildman–Crippen LogP) is 4.07. The summed E-state index contributed by atoms with van der Waals surface area (Å²) in [7, 11) is 0. The Morgan fingerprint density at radius 3 is 2.36 bits per heavy atom. The van der Waals surface area contributed by atoms with Gasteiger partial charge >= 0.3 is 0 Å². The maximum atomic E-state index is 11.6. The summed E-state index contributed by atoms with van der Waals surface area (Å²) < 4.78 is 0. The van der Waals surface area contributed by atoms with E-state index >= 15 is 0 Å². The molecule has 0 aromatic carbocycles. The Kier molecular flexibility index (Phi) is 6.34. The zero-order valence-electron chi connectivity index (χ0n) is 8.48. The van der Waals surface area contributed by atoms with E-state index in [9.17, 15) is 4.79 Å². The molecule has 2 atom stereocenters. The van der Waals surface area contributed by atoms with E-state index in [0.29, 0.717) is 21.9 Å². The third-order valence-electron chi connectivity index (χ3n) is 2.98. The fourth-order valence-electron chi connectivity index (χ4n) is 2.06. The zero-order valence-corrected chi connectivity index (χ0v) is 11.6. The van der Waals surface area contributed by atoms with Gasteiger partial charge < -0.3 is 0 Å². The largest absolute Gasteiger partial charge is 0.298 e. The average molecular weight is 326 g/mol. The van der Waals surface area contributed by atoms with E-state index in [1.165, 1.54) is 32.1 Å². The van der Waals surface area contributed by atoms with Gasteiger partial charge in [-0.3, -0.25) is 4.79 Å². The lowest BCUT2D eigenvalue weighted by atomic mass is 9.93. The summed E-state index contributed by atoms with van der Waals surface area (Å²) in [4.78, 5) is 12.2. The summed E-state index contributed by atoms with van der Waals surface area (Å²) in [6, 6.07) is 0. The fourth-order valence-corrected chi connectivity index (χ4v) is 3.17. The van der Waals surface area contributed by atoms with Gasteiger partial charge in [0.2, 0.25) is 0 Å². The summed E-state index contributed by atoms with van der Waals surface area (Å²) >= 11 is 6.96. The molecule has 1 rings (SSSR count). The van der Waals surface area contributed by atoms with Gasteiger partial charge in [0, 0.05) is 10.7 Å². The van der Waals surface area contributed by atoms with E-state index in [0.717, 1.165) is 12.8 Å². The SMILES string of the molecule is O=C(CBr)C1CCCCC(Br)CCC1. The minimum atomic E-state index is 0.326. The number of rotatable bonds is 2. The first-order valence-corrected chi connectivity index (χ1v) is 7.50. The second-order valence-electron chi connectivity index (χ2n) is 4.11. The van der Waals surface area contributed by atoms with Crippen LogP contribution in [0.3, 0.4) is 0 Å². The van der Waals surface area contributed by atoms with Crippen LogP contribution in [0.15, 0.2) is 0 Å². The highest BCUT2D eigenvalue weighted by Crippen LogP contribution is 2.26. The van der Waals surface area contributed by atoms with Crippen LogP contribution in [0.2, 0.25) is 0 Å². The van der Waals surface area contributed by atoms with Gasteiger partial charge in [-0.2, -0.15) is 0 Å². The highest BCUT2D eigenvalue weighted by atomic mass is 79.9. The fraction of sp³-hybridized carbons (Fsp3) is 0.909. The van der Waals surface area contributed by atoms with Crippen LogP contribution < -0.4 is 0 Å². The van der Waals surface area contributed by atoms with Crippen LogP contribution in [0.25, 0.3) is 0 Å². The average Bonchev–Trinajstić information content (AvgIpc) is 2.29. The molecular weight excluding hydrogens is 308 g/mol. The number of hydrogen-bond acceptors (Lipinski definition) is 1. The van der Waals surface area contributed by atoms with E-state index in [2.05, 4.69) is 31.9 Å². The smallest absolute Gasteiger partial charge is 0.146 e. The van der Waals surface area contributed by atoms with Crippen molar-refractivity contribution in [1.82, 2.24) is 0 Å². The van der Waals surface area contributed by atoms with Crippen molar-refractivity contribution in [3.8, 4) is 0 Å². The van der Waals surface area contributed by atoms with Gasteiger partial charge in [-0.15, -0.1) is 0 Å². The number of ketones is 1. The Morgan fingerprint density at radius 2 is 1.64 bits per heavy atom. The van der Waals surface area contributed by atoms with E-state index < -0.39 is 0 Å². The molecule has 2 unspecified atom stereocenters. The van der Waals surface area contributed by atoms with Crippen LogP contribution >= 0.6 is 31.9 Å². The molecule has 1 aliphatic rings. The van der Waals surface area contributed by atoms with Gasteiger partial charge in [-0.05, 0) is 25.7 Å². The molecule has 0 spiro atoms. The van der Waals surface area contributed by atoms with Crippen molar-refractivity contribution in [3.63, 3.8) is 0 Å².